The van der Waals surface area contributed by atoms with Crippen LogP contribution in [0, 0.1) is 5.92 Å². The van der Waals surface area contributed by atoms with E-state index in [1.165, 1.54) is 0 Å². The van der Waals surface area contributed by atoms with Gasteiger partial charge in [0.25, 0.3) is 0 Å². The van der Waals surface area contributed by atoms with Crippen LogP contribution in [0.4, 0.5) is 4.79 Å². The highest BCUT2D eigenvalue weighted by atomic mass is 16.4. The summed E-state index contributed by atoms with van der Waals surface area (Å²) in [5, 5.41) is 11.8. The third kappa shape index (κ3) is 7.36. The second kappa shape index (κ2) is 9.61. The Morgan fingerprint density at radius 2 is 1.75 bits per heavy atom. The number of carboxylic acids is 1. The molecule has 1 atom stereocenters. The zero-order chi connectivity index (χ0) is 15.7. The van der Waals surface area contributed by atoms with Crippen LogP contribution in [0.3, 0.4) is 0 Å². The Hall–Kier alpha value is -1.26. The fourth-order valence-electron chi connectivity index (χ4n) is 2.05. The lowest BCUT2D eigenvalue weighted by molar-refractivity contribution is -0.139. The summed E-state index contributed by atoms with van der Waals surface area (Å²) in [6.07, 6.45) is 3.56. The van der Waals surface area contributed by atoms with Crippen LogP contribution >= 0.6 is 0 Å². The summed E-state index contributed by atoms with van der Waals surface area (Å²) in [7, 11) is 0. The lowest BCUT2D eigenvalue weighted by Gasteiger charge is -2.29. The molecule has 2 N–H and O–H groups in total. The number of nitrogens with zero attached hydrogens (tertiary/aromatic N) is 1. The number of carboxylic acid groups (broad SMARTS) is 1. The van der Waals surface area contributed by atoms with Crippen LogP contribution < -0.4 is 5.32 Å². The van der Waals surface area contributed by atoms with Crippen molar-refractivity contribution in [1.82, 2.24) is 10.2 Å². The summed E-state index contributed by atoms with van der Waals surface area (Å²) in [6, 6.07) is -1.01. The largest absolute Gasteiger partial charge is 0.480 e. The molecule has 0 aromatic heterocycles. The van der Waals surface area contributed by atoms with E-state index in [1.807, 2.05) is 27.7 Å². The van der Waals surface area contributed by atoms with E-state index in [-0.39, 0.29) is 18.0 Å². The number of unbranched alkanes of at least 4 members (excludes halogenated alkanes) is 2. The van der Waals surface area contributed by atoms with E-state index < -0.39 is 12.0 Å². The van der Waals surface area contributed by atoms with Gasteiger partial charge in [-0.3, -0.25) is 0 Å². The lowest BCUT2D eigenvalue weighted by atomic mass is 10.0. The Morgan fingerprint density at radius 1 is 1.15 bits per heavy atom. The molecule has 5 heteroatoms. The van der Waals surface area contributed by atoms with Crippen LogP contribution in [-0.4, -0.2) is 40.6 Å². The lowest BCUT2D eigenvalue weighted by Crippen LogP contribution is -2.50. The smallest absolute Gasteiger partial charge is 0.326 e. The van der Waals surface area contributed by atoms with Crippen LogP contribution in [0.15, 0.2) is 0 Å². The van der Waals surface area contributed by atoms with E-state index in [4.69, 9.17) is 0 Å². The monoisotopic (exact) mass is 286 g/mol. The predicted molar refractivity (Wildman–Crippen MR) is 80.8 cm³/mol. The minimum atomic E-state index is -0.968. The van der Waals surface area contributed by atoms with Gasteiger partial charge in [0.05, 0.1) is 0 Å². The highest BCUT2D eigenvalue weighted by Crippen LogP contribution is 2.08. The molecule has 0 radical (unpaired) electrons. The highest BCUT2D eigenvalue weighted by Gasteiger charge is 2.24. The average molecular weight is 286 g/mol. The van der Waals surface area contributed by atoms with Crippen LogP contribution in [-0.2, 0) is 4.79 Å². The number of hydrogen-bond donors (Lipinski definition) is 2. The van der Waals surface area contributed by atoms with Crippen molar-refractivity contribution in [1.29, 1.82) is 0 Å². The van der Waals surface area contributed by atoms with E-state index in [9.17, 15) is 14.7 Å². The minimum absolute atomic E-state index is 0.0698. The molecule has 118 valence electrons. The molecule has 0 rings (SSSR count). The Morgan fingerprint density at radius 3 is 2.15 bits per heavy atom. The van der Waals surface area contributed by atoms with E-state index in [0.29, 0.717) is 13.0 Å². The van der Waals surface area contributed by atoms with E-state index in [0.717, 1.165) is 19.3 Å². The molecule has 0 aromatic carbocycles. The van der Waals surface area contributed by atoms with Gasteiger partial charge in [0.2, 0.25) is 0 Å². The normalized spacial score (nSPS) is 12.6. The van der Waals surface area contributed by atoms with E-state index in [1.54, 1.807) is 4.90 Å². The quantitative estimate of drug-likeness (QED) is 0.640. The van der Waals surface area contributed by atoms with Gasteiger partial charge in [0, 0.05) is 12.6 Å². The fourth-order valence-corrected chi connectivity index (χ4v) is 2.05. The maximum absolute atomic E-state index is 12.2. The highest BCUT2D eigenvalue weighted by molar-refractivity contribution is 5.82. The third-order valence-electron chi connectivity index (χ3n) is 3.19. The first-order valence-corrected chi connectivity index (χ1v) is 7.59. The molecule has 0 spiro atoms. The molecule has 0 aliphatic rings. The molecule has 0 heterocycles. The summed E-state index contributed by atoms with van der Waals surface area (Å²) in [5.41, 5.74) is 0. The number of rotatable bonds is 9. The Kier molecular flexibility index (Phi) is 9.01. The number of hydrogen-bond acceptors (Lipinski definition) is 2. The van der Waals surface area contributed by atoms with Gasteiger partial charge in [-0.15, -0.1) is 0 Å². The predicted octanol–water partition coefficient (Wildman–Crippen LogP) is 3.10. The van der Waals surface area contributed by atoms with Crippen LogP contribution in [0.25, 0.3) is 0 Å². The molecule has 5 nitrogen and oxygen atoms in total. The third-order valence-corrected chi connectivity index (χ3v) is 3.19. The van der Waals surface area contributed by atoms with Crippen molar-refractivity contribution in [3.63, 3.8) is 0 Å². The second-order valence-corrected chi connectivity index (χ2v) is 5.96. The topological polar surface area (TPSA) is 69.6 Å². The van der Waals surface area contributed by atoms with Crippen molar-refractivity contribution in [2.24, 2.45) is 5.92 Å². The number of aliphatic carboxylic acids is 1. The van der Waals surface area contributed by atoms with E-state index in [2.05, 4.69) is 12.2 Å². The number of carbonyl (C=O) groups excluding carboxylic acids is 1. The maximum Gasteiger partial charge on any atom is 0.326 e. The zero-order valence-electron chi connectivity index (χ0n) is 13.5. The summed E-state index contributed by atoms with van der Waals surface area (Å²) < 4.78 is 0. The molecule has 2 amide bonds. The molecule has 0 saturated heterocycles. The van der Waals surface area contributed by atoms with Gasteiger partial charge >= 0.3 is 12.0 Å². The second-order valence-electron chi connectivity index (χ2n) is 5.96. The first-order chi connectivity index (χ1) is 9.29. The molecular weight excluding hydrogens is 256 g/mol. The molecule has 20 heavy (non-hydrogen) atoms. The summed E-state index contributed by atoms with van der Waals surface area (Å²) in [5.74, 6) is -0.742. The average Bonchev–Trinajstić information content (AvgIpc) is 2.32. The van der Waals surface area contributed by atoms with Gasteiger partial charge in [0.15, 0.2) is 0 Å². The molecule has 0 saturated carbocycles. The van der Waals surface area contributed by atoms with Gasteiger partial charge in [-0.2, -0.15) is 0 Å². The zero-order valence-corrected chi connectivity index (χ0v) is 13.5. The van der Waals surface area contributed by atoms with Crippen LogP contribution in [0.5, 0.6) is 0 Å². The molecule has 0 fully saturated rings. The SMILES string of the molecule is CCCCCN(C(=O)N[C@@H](CC(C)C)C(=O)O)C(C)C. The van der Waals surface area contributed by atoms with Crippen molar-refractivity contribution < 1.29 is 14.7 Å². The van der Waals surface area contributed by atoms with Gasteiger partial charge < -0.3 is 15.3 Å². The number of nitrogens with one attached hydrogen (secondary N) is 1. The van der Waals surface area contributed by atoms with Crippen LogP contribution in [0.1, 0.15) is 60.3 Å². The molecule has 0 aliphatic carbocycles. The first-order valence-electron chi connectivity index (χ1n) is 7.59. The van der Waals surface area contributed by atoms with Gasteiger partial charge in [0.1, 0.15) is 6.04 Å². The van der Waals surface area contributed by atoms with Gasteiger partial charge in [-0.05, 0) is 32.6 Å². The summed E-state index contributed by atoms with van der Waals surface area (Å²) >= 11 is 0. The standard InChI is InChI=1S/C15H30N2O3/c1-6-7-8-9-17(12(4)5)15(20)16-13(14(18)19)10-11(2)3/h11-13H,6-10H2,1-5H3,(H,16,20)(H,18,19)/t13-/m0/s1. The summed E-state index contributed by atoms with van der Waals surface area (Å²) in [6.45, 7) is 10.6. The molecular formula is C15H30N2O3. The Balaban J connectivity index is 4.58. The molecule has 0 unspecified atom stereocenters. The fraction of sp³-hybridized carbons (Fsp3) is 0.867. The van der Waals surface area contributed by atoms with Gasteiger partial charge in [-0.1, -0.05) is 33.6 Å². The van der Waals surface area contributed by atoms with Crippen molar-refractivity contribution in [2.75, 3.05) is 6.54 Å². The number of urea groups is 1. The van der Waals surface area contributed by atoms with E-state index >= 15 is 0 Å². The number of carbonyl (C=O) groups is 2. The Labute approximate surface area is 122 Å². The molecule has 0 aliphatic heterocycles. The van der Waals surface area contributed by atoms with Crippen molar-refractivity contribution in [3.8, 4) is 0 Å². The maximum atomic E-state index is 12.2. The Bertz CT molecular complexity index is 303. The number of amides is 2. The molecule has 0 bridgehead atoms. The first kappa shape index (κ1) is 18.7. The minimum Gasteiger partial charge on any atom is -0.480 e. The summed E-state index contributed by atoms with van der Waals surface area (Å²) in [4.78, 5) is 25.1. The van der Waals surface area contributed by atoms with Crippen LogP contribution in [0.2, 0.25) is 0 Å². The van der Waals surface area contributed by atoms with Gasteiger partial charge in [-0.25, -0.2) is 9.59 Å². The van der Waals surface area contributed by atoms with Crippen molar-refractivity contribution in [2.45, 2.75) is 72.4 Å². The molecule has 0 aromatic rings. The van der Waals surface area contributed by atoms with Crippen molar-refractivity contribution >= 4 is 12.0 Å². The van der Waals surface area contributed by atoms with Crippen molar-refractivity contribution in [3.05, 3.63) is 0 Å².